The molecule has 1 saturated heterocycles. The Morgan fingerprint density at radius 1 is 1.42 bits per heavy atom. The van der Waals surface area contributed by atoms with E-state index >= 15 is 0 Å². The van der Waals surface area contributed by atoms with Crippen molar-refractivity contribution in [3.8, 4) is 0 Å². The van der Waals surface area contributed by atoms with E-state index in [0.717, 1.165) is 24.6 Å². The minimum Gasteiger partial charge on any atom is -0.481 e. The van der Waals surface area contributed by atoms with Crippen molar-refractivity contribution in [3.05, 3.63) is 35.4 Å². The number of hydrogen-bond acceptors (Lipinski definition) is 2. The minimum atomic E-state index is -0.717. The quantitative estimate of drug-likeness (QED) is 0.904. The van der Waals surface area contributed by atoms with Crippen LogP contribution in [0.5, 0.6) is 0 Å². The average molecular weight is 261 g/mol. The Bertz CT molecular complexity index is 436. The second-order valence-corrected chi connectivity index (χ2v) is 5.75. The first-order valence-electron chi connectivity index (χ1n) is 7.08. The molecule has 104 valence electrons. The van der Waals surface area contributed by atoms with Gasteiger partial charge in [-0.25, -0.2) is 0 Å². The van der Waals surface area contributed by atoms with Gasteiger partial charge in [0.25, 0.3) is 0 Å². The van der Waals surface area contributed by atoms with Crippen molar-refractivity contribution in [1.82, 2.24) is 4.90 Å². The van der Waals surface area contributed by atoms with Crippen molar-refractivity contribution in [1.29, 1.82) is 0 Å². The number of piperidine rings is 1. The molecule has 3 nitrogen and oxygen atoms in total. The predicted molar refractivity (Wildman–Crippen MR) is 76.1 cm³/mol. The molecule has 2 rings (SSSR count). The van der Waals surface area contributed by atoms with Gasteiger partial charge >= 0.3 is 5.97 Å². The molecule has 0 saturated carbocycles. The van der Waals surface area contributed by atoms with Crippen molar-refractivity contribution >= 4 is 5.97 Å². The van der Waals surface area contributed by atoms with Gasteiger partial charge in [0.1, 0.15) is 0 Å². The van der Waals surface area contributed by atoms with Crippen molar-refractivity contribution in [2.24, 2.45) is 5.92 Å². The van der Waals surface area contributed by atoms with Gasteiger partial charge in [-0.2, -0.15) is 0 Å². The van der Waals surface area contributed by atoms with Gasteiger partial charge in [-0.05, 0) is 44.3 Å². The molecular formula is C16H23NO2. The van der Waals surface area contributed by atoms with Gasteiger partial charge in [0.15, 0.2) is 0 Å². The SMILES string of the molecule is Cc1cccc(C(CC(=O)O)N2CCC(C)CC2)c1. The molecule has 0 radical (unpaired) electrons. The van der Waals surface area contributed by atoms with E-state index < -0.39 is 5.97 Å². The Kier molecular flexibility index (Phi) is 4.59. The van der Waals surface area contributed by atoms with Gasteiger partial charge in [-0.3, -0.25) is 9.69 Å². The number of carbonyl (C=O) groups is 1. The maximum atomic E-state index is 11.1. The molecule has 0 aromatic heterocycles. The monoisotopic (exact) mass is 261 g/mol. The first-order chi connectivity index (χ1) is 9.06. The summed E-state index contributed by atoms with van der Waals surface area (Å²) in [6.45, 7) is 6.34. The number of aryl methyl sites for hydroxylation is 1. The van der Waals surface area contributed by atoms with Gasteiger partial charge in [-0.1, -0.05) is 36.8 Å². The molecule has 1 fully saturated rings. The maximum Gasteiger partial charge on any atom is 0.305 e. The highest BCUT2D eigenvalue weighted by atomic mass is 16.4. The summed E-state index contributed by atoms with van der Waals surface area (Å²) in [5.74, 6) is 0.0457. The number of benzene rings is 1. The number of carboxylic acid groups (broad SMARTS) is 1. The summed E-state index contributed by atoms with van der Waals surface area (Å²) in [5, 5.41) is 9.17. The van der Waals surface area contributed by atoms with Gasteiger partial charge in [-0.15, -0.1) is 0 Å². The number of hydrogen-bond donors (Lipinski definition) is 1. The summed E-state index contributed by atoms with van der Waals surface area (Å²) in [5.41, 5.74) is 2.33. The number of aliphatic carboxylic acids is 1. The van der Waals surface area contributed by atoms with Crippen LogP contribution in [0.4, 0.5) is 0 Å². The third kappa shape index (κ3) is 3.80. The molecule has 1 aromatic carbocycles. The summed E-state index contributed by atoms with van der Waals surface area (Å²) < 4.78 is 0. The molecule has 1 unspecified atom stereocenters. The second-order valence-electron chi connectivity index (χ2n) is 5.75. The normalized spacial score (nSPS) is 19.3. The highest BCUT2D eigenvalue weighted by molar-refractivity contribution is 5.68. The van der Waals surface area contributed by atoms with E-state index in [-0.39, 0.29) is 12.5 Å². The lowest BCUT2D eigenvalue weighted by molar-refractivity contribution is -0.138. The van der Waals surface area contributed by atoms with Crippen LogP contribution in [0, 0.1) is 12.8 Å². The first-order valence-corrected chi connectivity index (χ1v) is 7.08. The van der Waals surface area contributed by atoms with Crippen molar-refractivity contribution < 1.29 is 9.90 Å². The Balaban J connectivity index is 2.18. The van der Waals surface area contributed by atoms with Crippen LogP contribution in [0.1, 0.15) is 43.4 Å². The molecule has 0 spiro atoms. The van der Waals surface area contributed by atoms with Crippen molar-refractivity contribution in [3.63, 3.8) is 0 Å². The number of nitrogens with zero attached hydrogens (tertiary/aromatic N) is 1. The van der Waals surface area contributed by atoms with Crippen LogP contribution < -0.4 is 0 Å². The zero-order chi connectivity index (χ0) is 13.8. The summed E-state index contributed by atoms with van der Waals surface area (Å²) in [6.07, 6.45) is 2.53. The van der Waals surface area contributed by atoms with E-state index in [0.29, 0.717) is 0 Å². The number of carboxylic acids is 1. The lowest BCUT2D eigenvalue weighted by Gasteiger charge is -2.36. The first kappa shape index (κ1) is 14.1. The van der Waals surface area contributed by atoms with Gasteiger partial charge in [0.2, 0.25) is 0 Å². The minimum absolute atomic E-state index is 0.0184. The van der Waals surface area contributed by atoms with E-state index in [9.17, 15) is 9.90 Å². The Morgan fingerprint density at radius 3 is 2.68 bits per heavy atom. The summed E-state index contributed by atoms with van der Waals surface area (Å²) >= 11 is 0. The van der Waals surface area contributed by atoms with Crippen LogP contribution in [-0.2, 0) is 4.79 Å². The molecule has 0 bridgehead atoms. The van der Waals surface area contributed by atoms with Crippen LogP contribution in [0.15, 0.2) is 24.3 Å². The fourth-order valence-corrected chi connectivity index (χ4v) is 2.84. The number of likely N-dealkylation sites (tertiary alicyclic amines) is 1. The third-order valence-electron chi connectivity index (χ3n) is 4.05. The number of rotatable bonds is 4. The average Bonchev–Trinajstić information content (AvgIpc) is 2.37. The molecule has 1 aliphatic rings. The zero-order valence-corrected chi connectivity index (χ0v) is 11.8. The Morgan fingerprint density at radius 2 is 2.11 bits per heavy atom. The highest BCUT2D eigenvalue weighted by Gasteiger charge is 2.26. The highest BCUT2D eigenvalue weighted by Crippen LogP contribution is 2.29. The summed E-state index contributed by atoms with van der Waals surface area (Å²) in [6, 6.07) is 8.26. The standard InChI is InChI=1S/C16H23NO2/c1-12-6-8-17(9-7-12)15(11-16(18)19)14-5-3-4-13(2)10-14/h3-5,10,12,15H,6-9,11H2,1-2H3,(H,18,19). The molecule has 1 aromatic rings. The van der Waals surface area contributed by atoms with Gasteiger partial charge in [0.05, 0.1) is 6.42 Å². The van der Waals surface area contributed by atoms with Gasteiger partial charge in [0, 0.05) is 6.04 Å². The van der Waals surface area contributed by atoms with Crippen LogP contribution >= 0.6 is 0 Å². The zero-order valence-electron chi connectivity index (χ0n) is 11.8. The fourth-order valence-electron chi connectivity index (χ4n) is 2.84. The smallest absolute Gasteiger partial charge is 0.305 e. The molecule has 1 N–H and O–H groups in total. The summed E-state index contributed by atoms with van der Waals surface area (Å²) in [4.78, 5) is 13.5. The van der Waals surface area contributed by atoms with Crippen LogP contribution in [-0.4, -0.2) is 29.1 Å². The summed E-state index contributed by atoms with van der Waals surface area (Å²) in [7, 11) is 0. The van der Waals surface area contributed by atoms with Crippen LogP contribution in [0.25, 0.3) is 0 Å². The fraction of sp³-hybridized carbons (Fsp3) is 0.562. The molecule has 19 heavy (non-hydrogen) atoms. The molecule has 1 aliphatic heterocycles. The van der Waals surface area contributed by atoms with E-state index in [1.54, 1.807) is 0 Å². The largest absolute Gasteiger partial charge is 0.481 e. The predicted octanol–water partition coefficient (Wildman–Crippen LogP) is 3.24. The molecule has 0 amide bonds. The lowest BCUT2D eigenvalue weighted by atomic mass is 9.94. The van der Waals surface area contributed by atoms with Crippen molar-refractivity contribution in [2.75, 3.05) is 13.1 Å². The maximum absolute atomic E-state index is 11.1. The topological polar surface area (TPSA) is 40.5 Å². The van der Waals surface area contributed by atoms with Gasteiger partial charge < -0.3 is 5.11 Å². The molecule has 1 heterocycles. The van der Waals surface area contributed by atoms with Crippen LogP contribution in [0.2, 0.25) is 0 Å². The van der Waals surface area contributed by atoms with E-state index in [1.165, 1.54) is 18.4 Å². The van der Waals surface area contributed by atoms with E-state index in [1.807, 2.05) is 6.07 Å². The molecular weight excluding hydrogens is 238 g/mol. The lowest BCUT2D eigenvalue weighted by Crippen LogP contribution is -2.37. The third-order valence-corrected chi connectivity index (χ3v) is 4.05. The van der Waals surface area contributed by atoms with E-state index in [2.05, 4.69) is 36.9 Å². The Labute approximate surface area is 115 Å². The molecule has 0 aliphatic carbocycles. The van der Waals surface area contributed by atoms with Crippen molar-refractivity contribution in [2.45, 2.75) is 39.2 Å². The Hall–Kier alpha value is -1.35. The molecule has 1 atom stereocenters. The van der Waals surface area contributed by atoms with E-state index in [4.69, 9.17) is 0 Å². The van der Waals surface area contributed by atoms with Crippen LogP contribution in [0.3, 0.4) is 0 Å². The molecule has 3 heteroatoms. The second kappa shape index (κ2) is 6.20.